The lowest BCUT2D eigenvalue weighted by molar-refractivity contribution is -0.141. The quantitative estimate of drug-likeness (QED) is 0.506. The maximum absolute atomic E-state index is 12.1. The van der Waals surface area contributed by atoms with E-state index in [1.807, 2.05) is 24.3 Å². The Morgan fingerprint density at radius 2 is 1.58 bits per heavy atom. The van der Waals surface area contributed by atoms with Crippen molar-refractivity contribution in [1.29, 1.82) is 0 Å². The summed E-state index contributed by atoms with van der Waals surface area (Å²) < 4.78 is 5.47. The van der Waals surface area contributed by atoms with E-state index in [0.29, 0.717) is 25.8 Å². The van der Waals surface area contributed by atoms with Crippen LogP contribution in [-0.4, -0.2) is 42.8 Å². The number of hydrogen-bond acceptors (Lipinski definition) is 4. The maximum atomic E-state index is 12.1. The molecule has 0 bridgehead atoms. The number of unbranched alkanes of at least 4 members (excludes halogenated alkanes) is 1. The Morgan fingerprint density at radius 1 is 0.968 bits per heavy atom. The van der Waals surface area contributed by atoms with Gasteiger partial charge in [-0.2, -0.15) is 0 Å². The highest BCUT2D eigenvalue weighted by molar-refractivity contribution is 5.79. The van der Waals surface area contributed by atoms with Gasteiger partial charge in [-0.25, -0.2) is 4.79 Å². The van der Waals surface area contributed by atoms with Gasteiger partial charge in [0.15, 0.2) is 0 Å². The molecule has 0 aromatic heterocycles. The molecule has 2 aromatic carbocycles. The zero-order chi connectivity index (χ0) is 22.2. The molecular formula is C24H28N2O5. The van der Waals surface area contributed by atoms with Crippen molar-refractivity contribution in [1.82, 2.24) is 10.6 Å². The first-order valence-electron chi connectivity index (χ1n) is 10.6. The number of carbonyl (C=O) groups excluding carboxylic acids is 2. The van der Waals surface area contributed by atoms with Gasteiger partial charge in [0.2, 0.25) is 5.91 Å². The number of benzene rings is 2. The summed E-state index contributed by atoms with van der Waals surface area (Å²) in [4.78, 5) is 34.5. The molecule has 0 saturated heterocycles. The van der Waals surface area contributed by atoms with Crippen LogP contribution in [0.5, 0.6) is 0 Å². The number of amides is 2. The highest BCUT2D eigenvalue weighted by Crippen LogP contribution is 2.44. The second-order valence-electron chi connectivity index (χ2n) is 7.75. The molecule has 1 aliphatic carbocycles. The number of carboxylic acids is 1. The summed E-state index contributed by atoms with van der Waals surface area (Å²) in [5.74, 6) is -1.71. The highest BCUT2D eigenvalue weighted by Gasteiger charge is 2.28. The number of carboxylic acid groups (broad SMARTS) is 1. The molecule has 31 heavy (non-hydrogen) atoms. The molecule has 0 heterocycles. The topological polar surface area (TPSA) is 105 Å². The summed E-state index contributed by atoms with van der Waals surface area (Å²) in [6.07, 6.45) is 1.04. The van der Waals surface area contributed by atoms with Crippen LogP contribution in [0, 0.1) is 5.92 Å². The Bertz CT molecular complexity index is 898. The number of nitrogens with one attached hydrogen (secondary N) is 2. The monoisotopic (exact) mass is 424 g/mol. The van der Waals surface area contributed by atoms with Gasteiger partial charge in [-0.1, -0.05) is 55.5 Å². The molecule has 3 N–H and O–H groups in total. The minimum atomic E-state index is -0.937. The van der Waals surface area contributed by atoms with E-state index >= 15 is 0 Å². The van der Waals surface area contributed by atoms with Crippen molar-refractivity contribution in [3.05, 3.63) is 59.7 Å². The van der Waals surface area contributed by atoms with Crippen LogP contribution < -0.4 is 10.6 Å². The summed E-state index contributed by atoms with van der Waals surface area (Å²) in [6.45, 7) is 2.34. The molecule has 2 amide bonds. The van der Waals surface area contributed by atoms with E-state index < -0.39 is 18.0 Å². The van der Waals surface area contributed by atoms with Gasteiger partial charge in [-0.3, -0.25) is 9.59 Å². The number of ether oxygens (including phenoxy) is 1. The Kier molecular flexibility index (Phi) is 7.65. The SMILES string of the molecule is CC(CNC(=O)CCCCNC(=O)OCC1c2ccccc2-c2ccccc21)C(=O)O. The minimum Gasteiger partial charge on any atom is -0.481 e. The molecule has 1 unspecified atom stereocenters. The van der Waals surface area contributed by atoms with Crippen LogP contribution in [-0.2, 0) is 14.3 Å². The van der Waals surface area contributed by atoms with E-state index in [0.717, 1.165) is 0 Å². The molecule has 0 aliphatic heterocycles. The van der Waals surface area contributed by atoms with Gasteiger partial charge in [0.1, 0.15) is 6.61 Å². The molecule has 1 aliphatic rings. The number of hydrogen-bond donors (Lipinski definition) is 3. The number of fused-ring (bicyclic) bond motifs is 3. The normalized spacial score (nSPS) is 13.1. The third-order valence-electron chi connectivity index (χ3n) is 5.47. The standard InChI is InChI=1S/C24H28N2O5/c1-16(23(28)29)14-26-22(27)12-6-7-13-25-24(30)31-15-21-19-10-4-2-8-17(19)18-9-3-5-11-20(18)21/h2-5,8-11,16,21H,6-7,12-15H2,1H3,(H,25,30)(H,26,27)(H,28,29). The highest BCUT2D eigenvalue weighted by atomic mass is 16.5. The second kappa shape index (κ2) is 10.6. The van der Waals surface area contributed by atoms with Crippen molar-refractivity contribution in [2.24, 2.45) is 5.92 Å². The van der Waals surface area contributed by atoms with Gasteiger partial charge in [0.25, 0.3) is 0 Å². The lowest BCUT2D eigenvalue weighted by atomic mass is 9.98. The zero-order valence-electron chi connectivity index (χ0n) is 17.6. The van der Waals surface area contributed by atoms with E-state index in [1.165, 1.54) is 22.3 Å². The second-order valence-corrected chi connectivity index (χ2v) is 7.75. The van der Waals surface area contributed by atoms with Crippen molar-refractivity contribution in [2.75, 3.05) is 19.7 Å². The summed E-state index contributed by atoms with van der Waals surface area (Å²) in [7, 11) is 0. The molecule has 0 fully saturated rings. The molecule has 1 atom stereocenters. The largest absolute Gasteiger partial charge is 0.481 e. The van der Waals surface area contributed by atoms with Crippen LogP contribution in [0.3, 0.4) is 0 Å². The van der Waals surface area contributed by atoms with Gasteiger partial charge in [0.05, 0.1) is 5.92 Å². The van der Waals surface area contributed by atoms with Crippen LogP contribution in [0.2, 0.25) is 0 Å². The molecule has 0 saturated carbocycles. The van der Waals surface area contributed by atoms with Gasteiger partial charge in [0, 0.05) is 25.4 Å². The fraction of sp³-hybridized carbons (Fsp3) is 0.375. The van der Waals surface area contributed by atoms with Crippen molar-refractivity contribution in [3.63, 3.8) is 0 Å². The zero-order valence-corrected chi connectivity index (χ0v) is 17.6. The van der Waals surface area contributed by atoms with Crippen molar-refractivity contribution in [2.45, 2.75) is 32.1 Å². The van der Waals surface area contributed by atoms with Gasteiger partial charge in [-0.15, -0.1) is 0 Å². The first-order chi connectivity index (χ1) is 15.0. The van der Waals surface area contributed by atoms with Crippen LogP contribution in [0.1, 0.15) is 43.2 Å². The predicted octanol–water partition coefficient (Wildman–Crippen LogP) is 3.53. The van der Waals surface area contributed by atoms with Gasteiger partial charge < -0.3 is 20.5 Å². The summed E-state index contributed by atoms with van der Waals surface area (Å²) in [5.41, 5.74) is 4.70. The smallest absolute Gasteiger partial charge is 0.407 e. The van der Waals surface area contributed by atoms with E-state index in [1.54, 1.807) is 6.92 Å². The summed E-state index contributed by atoms with van der Waals surface area (Å²) in [5, 5.41) is 14.1. The Labute approximate surface area is 181 Å². The number of aliphatic carboxylic acids is 1. The van der Waals surface area contributed by atoms with Crippen molar-refractivity contribution < 1.29 is 24.2 Å². The lowest BCUT2D eigenvalue weighted by Gasteiger charge is -2.14. The lowest BCUT2D eigenvalue weighted by Crippen LogP contribution is -2.31. The minimum absolute atomic E-state index is 0.0232. The molecule has 0 spiro atoms. The van der Waals surface area contributed by atoms with Crippen LogP contribution in [0.15, 0.2) is 48.5 Å². The van der Waals surface area contributed by atoms with E-state index in [2.05, 4.69) is 34.9 Å². The number of rotatable bonds is 10. The fourth-order valence-corrected chi connectivity index (χ4v) is 3.69. The summed E-state index contributed by atoms with van der Waals surface area (Å²) >= 11 is 0. The van der Waals surface area contributed by atoms with Crippen LogP contribution in [0.25, 0.3) is 11.1 Å². The molecular weight excluding hydrogens is 396 g/mol. The van der Waals surface area contributed by atoms with Gasteiger partial charge in [-0.05, 0) is 35.1 Å². The third kappa shape index (κ3) is 5.84. The fourth-order valence-electron chi connectivity index (χ4n) is 3.69. The Balaban J connectivity index is 1.36. The average Bonchev–Trinajstić information content (AvgIpc) is 3.09. The Morgan fingerprint density at radius 3 is 2.19 bits per heavy atom. The molecule has 7 nitrogen and oxygen atoms in total. The molecule has 7 heteroatoms. The van der Waals surface area contributed by atoms with Crippen molar-refractivity contribution in [3.8, 4) is 11.1 Å². The molecule has 3 rings (SSSR count). The predicted molar refractivity (Wildman–Crippen MR) is 117 cm³/mol. The molecule has 164 valence electrons. The summed E-state index contributed by atoms with van der Waals surface area (Å²) in [6, 6.07) is 16.3. The first-order valence-corrected chi connectivity index (χ1v) is 10.6. The molecule has 2 aromatic rings. The molecule has 0 radical (unpaired) electrons. The number of carbonyl (C=O) groups is 3. The van der Waals surface area contributed by atoms with Gasteiger partial charge >= 0.3 is 12.1 Å². The van der Waals surface area contributed by atoms with Crippen LogP contribution >= 0.6 is 0 Å². The number of alkyl carbamates (subject to hydrolysis) is 1. The van der Waals surface area contributed by atoms with E-state index in [-0.39, 0.29) is 25.0 Å². The van der Waals surface area contributed by atoms with Crippen LogP contribution in [0.4, 0.5) is 4.79 Å². The maximum Gasteiger partial charge on any atom is 0.407 e. The first kappa shape index (κ1) is 22.3. The average molecular weight is 424 g/mol. The van der Waals surface area contributed by atoms with Crippen molar-refractivity contribution >= 4 is 18.0 Å². The van der Waals surface area contributed by atoms with E-state index in [4.69, 9.17) is 9.84 Å². The Hall–Kier alpha value is -3.35. The van der Waals surface area contributed by atoms with E-state index in [9.17, 15) is 14.4 Å². The third-order valence-corrected chi connectivity index (χ3v) is 5.47.